The van der Waals surface area contributed by atoms with Gasteiger partial charge in [-0.2, -0.15) is 0 Å². The lowest BCUT2D eigenvalue weighted by Crippen LogP contribution is -2.21. The Morgan fingerprint density at radius 2 is 1.90 bits per heavy atom. The van der Waals surface area contributed by atoms with Crippen LogP contribution in [-0.4, -0.2) is 6.04 Å². The van der Waals surface area contributed by atoms with Crippen LogP contribution in [0.2, 0.25) is 5.02 Å². The molecule has 0 heterocycles. The van der Waals surface area contributed by atoms with Gasteiger partial charge in [0.15, 0.2) is 0 Å². The maximum atomic E-state index is 6.32. The van der Waals surface area contributed by atoms with Gasteiger partial charge in [0.25, 0.3) is 0 Å². The number of halogens is 2. The van der Waals surface area contributed by atoms with E-state index in [1.165, 1.54) is 0 Å². The first kappa shape index (κ1) is 16.3. The Bertz CT molecular complexity index is 628. The molecule has 0 aliphatic heterocycles. The van der Waals surface area contributed by atoms with Crippen molar-refractivity contribution in [1.82, 2.24) is 5.32 Å². The topological polar surface area (TPSA) is 21.3 Å². The van der Waals surface area contributed by atoms with E-state index in [0.29, 0.717) is 16.8 Å². The van der Waals surface area contributed by atoms with Crippen LogP contribution in [0.3, 0.4) is 0 Å². The summed E-state index contributed by atoms with van der Waals surface area (Å²) in [5.74, 6) is 1.48. The minimum absolute atomic E-state index is 0.448. The molecule has 2 aromatic rings. The second kappa shape index (κ2) is 7.30. The van der Waals surface area contributed by atoms with Crippen molar-refractivity contribution in [2.24, 2.45) is 0 Å². The fraction of sp³-hybridized carbons (Fsp3) is 0.294. The van der Waals surface area contributed by atoms with Crippen molar-refractivity contribution in [3.8, 4) is 11.5 Å². The molecule has 0 bridgehead atoms. The summed E-state index contributed by atoms with van der Waals surface area (Å²) in [5.41, 5.74) is 2.21. The zero-order chi connectivity index (χ0) is 15.4. The lowest BCUT2D eigenvalue weighted by molar-refractivity contribution is 0.478. The largest absolute Gasteiger partial charge is 0.455 e. The van der Waals surface area contributed by atoms with Gasteiger partial charge in [0.05, 0.1) is 5.02 Å². The first-order valence-corrected chi connectivity index (χ1v) is 8.08. The standard InChI is InChI=1S/C17H19BrClNO/c1-11(2)20-10-13-5-7-16(15(19)8-13)21-17-9-14(18)6-4-12(17)3/h4-9,11,20H,10H2,1-3H3. The third kappa shape index (κ3) is 4.73. The molecule has 1 N–H and O–H groups in total. The highest BCUT2D eigenvalue weighted by Gasteiger charge is 2.07. The highest BCUT2D eigenvalue weighted by molar-refractivity contribution is 9.10. The van der Waals surface area contributed by atoms with Gasteiger partial charge in [-0.25, -0.2) is 0 Å². The normalized spacial score (nSPS) is 11.0. The van der Waals surface area contributed by atoms with Crippen LogP contribution in [0.4, 0.5) is 0 Å². The van der Waals surface area contributed by atoms with Crippen molar-refractivity contribution in [3.63, 3.8) is 0 Å². The summed E-state index contributed by atoms with van der Waals surface area (Å²) in [5, 5.41) is 3.99. The minimum atomic E-state index is 0.448. The van der Waals surface area contributed by atoms with Gasteiger partial charge >= 0.3 is 0 Å². The summed E-state index contributed by atoms with van der Waals surface area (Å²) in [7, 11) is 0. The predicted octanol–water partition coefficient (Wildman–Crippen LogP) is 5.70. The quantitative estimate of drug-likeness (QED) is 0.730. The van der Waals surface area contributed by atoms with Gasteiger partial charge in [0, 0.05) is 17.1 Å². The molecule has 0 fully saturated rings. The van der Waals surface area contributed by atoms with Crippen LogP contribution in [0.15, 0.2) is 40.9 Å². The summed E-state index contributed by atoms with van der Waals surface area (Å²) < 4.78 is 6.90. The van der Waals surface area contributed by atoms with Crippen LogP contribution in [0.1, 0.15) is 25.0 Å². The van der Waals surface area contributed by atoms with Crippen LogP contribution < -0.4 is 10.1 Å². The Balaban J connectivity index is 2.15. The molecular weight excluding hydrogens is 350 g/mol. The Morgan fingerprint density at radius 1 is 1.14 bits per heavy atom. The van der Waals surface area contributed by atoms with E-state index in [2.05, 4.69) is 35.1 Å². The van der Waals surface area contributed by atoms with Crippen LogP contribution in [-0.2, 0) is 6.54 Å². The summed E-state index contributed by atoms with van der Waals surface area (Å²) in [6.07, 6.45) is 0. The summed E-state index contributed by atoms with van der Waals surface area (Å²) in [4.78, 5) is 0. The molecule has 2 nitrogen and oxygen atoms in total. The highest BCUT2D eigenvalue weighted by Crippen LogP contribution is 2.33. The molecule has 0 unspecified atom stereocenters. The van der Waals surface area contributed by atoms with E-state index in [1.807, 2.05) is 43.3 Å². The van der Waals surface area contributed by atoms with Gasteiger partial charge in [0.2, 0.25) is 0 Å². The van der Waals surface area contributed by atoms with E-state index in [4.69, 9.17) is 16.3 Å². The lowest BCUT2D eigenvalue weighted by atomic mass is 10.2. The van der Waals surface area contributed by atoms with Gasteiger partial charge in [0.1, 0.15) is 11.5 Å². The average molecular weight is 369 g/mol. The smallest absolute Gasteiger partial charge is 0.146 e. The number of hydrogen-bond acceptors (Lipinski definition) is 2. The molecule has 0 aliphatic carbocycles. The number of hydrogen-bond donors (Lipinski definition) is 1. The van der Waals surface area contributed by atoms with Crippen molar-refractivity contribution in [1.29, 1.82) is 0 Å². The molecule has 0 amide bonds. The fourth-order valence-corrected chi connectivity index (χ4v) is 2.44. The van der Waals surface area contributed by atoms with E-state index in [-0.39, 0.29) is 0 Å². The number of nitrogens with one attached hydrogen (secondary N) is 1. The maximum Gasteiger partial charge on any atom is 0.146 e. The molecule has 21 heavy (non-hydrogen) atoms. The zero-order valence-corrected chi connectivity index (χ0v) is 14.8. The van der Waals surface area contributed by atoms with Crippen LogP contribution in [0.5, 0.6) is 11.5 Å². The molecule has 0 spiro atoms. The van der Waals surface area contributed by atoms with E-state index in [1.54, 1.807) is 0 Å². The van der Waals surface area contributed by atoms with Gasteiger partial charge in [-0.1, -0.05) is 53.5 Å². The average Bonchev–Trinajstić information content (AvgIpc) is 2.43. The van der Waals surface area contributed by atoms with Crippen molar-refractivity contribution < 1.29 is 4.74 Å². The van der Waals surface area contributed by atoms with Crippen LogP contribution >= 0.6 is 27.5 Å². The molecule has 4 heteroatoms. The molecular formula is C17H19BrClNO. The Hall–Kier alpha value is -1.03. The van der Waals surface area contributed by atoms with Crippen LogP contribution in [0.25, 0.3) is 0 Å². The van der Waals surface area contributed by atoms with Gasteiger partial charge in [-0.05, 0) is 42.3 Å². The van der Waals surface area contributed by atoms with E-state index in [0.717, 1.165) is 27.9 Å². The van der Waals surface area contributed by atoms with Crippen molar-refractivity contribution in [2.75, 3.05) is 0 Å². The minimum Gasteiger partial charge on any atom is -0.455 e. The zero-order valence-electron chi connectivity index (χ0n) is 12.4. The monoisotopic (exact) mass is 367 g/mol. The number of ether oxygens (including phenoxy) is 1. The second-order valence-corrected chi connectivity index (χ2v) is 6.64. The molecule has 112 valence electrons. The molecule has 2 rings (SSSR count). The molecule has 0 radical (unpaired) electrons. The second-order valence-electron chi connectivity index (χ2n) is 5.31. The summed E-state index contributed by atoms with van der Waals surface area (Å²) >= 11 is 9.77. The van der Waals surface area contributed by atoms with E-state index >= 15 is 0 Å². The lowest BCUT2D eigenvalue weighted by Gasteiger charge is -2.13. The molecule has 0 atom stereocenters. The van der Waals surface area contributed by atoms with E-state index in [9.17, 15) is 0 Å². The number of benzene rings is 2. The first-order chi connectivity index (χ1) is 9.95. The number of aryl methyl sites for hydroxylation is 1. The Labute approximate surface area is 139 Å². The predicted molar refractivity (Wildman–Crippen MR) is 92.4 cm³/mol. The molecule has 2 aromatic carbocycles. The van der Waals surface area contributed by atoms with Crippen LogP contribution in [0, 0.1) is 6.92 Å². The maximum absolute atomic E-state index is 6.32. The van der Waals surface area contributed by atoms with Gasteiger partial charge < -0.3 is 10.1 Å². The van der Waals surface area contributed by atoms with Gasteiger partial charge in [-0.3, -0.25) is 0 Å². The van der Waals surface area contributed by atoms with Crippen molar-refractivity contribution in [2.45, 2.75) is 33.4 Å². The Morgan fingerprint density at radius 3 is 2.57 bits per heavy atom. The van der Waals surface area contributed by atoms with Crippen molar-refractivity contribution in [3.05, 3.63) is 57.0 Å². The SMILES string of the molecule is Cc1ccc(Br)cc1Oc1ccc(CNC(C)C)cc1Cl. The molecule has 0 aliphatic rings. The first-order valence-electron chi connectivity index (χ1n) is 6.91. The third-order valence-corrected chi connectivity index (χ3v) is 3.87. The third-order valence-electron chi connectivity index (χ3n) is 3.08. The van der Waals surface area contributed by atoms with Gasteiger partial charge in [-0.15, -0.1) is 0 Å². The Kier molecular flexibility index (Phi) is 5.68. The highest BCUT2D eigenvalue weighted by atomic mass is 79.9. The summed E-state index contributed by atoms with van der Waals surface area (Å²) in [6, 6.07) is 12.3. The molecule has 0 saturated carbocycles. The fourth-order valence-electron chi connectivity index (χ4n) is 1.86. The molecule has 0 aromatic heterocycles. The van der Waals surface area contributed by atoms with E-state index < -0.39 is 0 Å². The van der Waals surface area contributed by atoms with Crippen molar-refractivity contribution >= 4 is 27.5 Å². The summed E-state index contributed by atoms with van der Waals surface area (Å²) in [6.45, 7) is 7.05. The number of rotatable bonds is 5. The molecule has 0 saturated heterocycles.